The number of fused-ring (bicyclic) bond motifs is 1. The normalized spacial score (nSPS) is 18.5. The van der Waals surface area contributed by atoms with E-state index in [0.29, 0.717) is 23.4 Å². The Bertz CT molecular complexity index is 1000. The highest BCUT2D eigenvalue weighted by molar-refractivity contribution is 7.16. The van der Waals surface area contributed by atoms with Gasteiger partial charge in [0, 0.05) is 11.0 Å². The zero-order chi connectivity index (χ0) is 21.1. The number of halogens is 1. The molecule has 0 radical (unpaired) electrons. The van der Waals surface area contributed by atoms with Crippen LogP contribution in [0.25, 0.3) is 6.08 Å². The van der Waals surface area contributed by atoms with Crippen molar-refractivity contribution in [1.82, 2.24) is 4.90 Å². The van der Waals surface area contributed by atoms with E-state index in [1.54, 1.807) is 17.4 Å². The van der Waals surface area contributed by atoms with Crippen molar-refractivity contribution in [2.75, 3.05) is 25.0 Å². The first-order valence-corrected chi connectivity index (χ1v) is 11.4. The number of thiophene rings is 2. The minimum Gasteiger partial charge on any atom is -0.449 e. The molecule has 0 bridgehead atoms. The number of amides is 2. The van der Waals surface area contributed by atoms with E-state index in [9.17, 15) is 19.2 Å². The fourth-order valence-corrected chi connectivity index (χ4v) is 5.50. The number of alkyl halides is 1. The first kappa shape index (κ1) is 20.6. The Kier molecular flexibility index (Phi) is 6.16. The van der Waals surface area contributed by atoms with Crippen LogP contribution in [0.5, 0.6) is 0 Å². The fraction of sp³-hybridized carbons (Fsp3) is 0.381. The first-order chi connectivity index (χ1) is 14.5. The van der Waals surface area contributed by atoms with Gasteiger partial charge in [-0.05, 0) is 59.2 Å². The number of carbonyl (C=O) groups is 2. The Balaban J connectivity index is 1.36. The topological polar surface area (TPSA) is 82.4 Å². The number of ether oxygens (including phenoxy) is 1. The van der Waals surface area contributed by atoms with E-state index >= 15 is 0 Å². The summed E-state index contributed by atoms with van der Waals surface area (Å²) in [6.07, 6.45) is 3.97. The van der Waals surface area contributed by atoms with E-state index in [2.05, 4.69) is 11.4 Å². The van der Waals surface area contributed by atoms with E-state index in [1.165, 1.54) is 22.3 Å². The predicted octanol–water partition coefficient (Wildman–Crippen LogP) is 4.23. The second-order valence-electron chi connectivity index (χ2n) is 7.39. The molecule has 2 aromatic rings. The molecule has 1 unspecified atom stereocenters. The molecule has 1 N–H and O–H groups in total. The van der Waals surface area contributed by atoms with Crippen LogP contribution in [0.3, 0.4) is 0 Å². The molecule has 1 fully saturated rings. The minimum absolute atomic E-state index is 0.105. The van der Waals surface area contributed by atoms with Crippen LogP contribution in [-0.4, -0.2) is 42.8 Å². The average Bonchev–Trinajstić information content (AvgIpc) is 3.34. The van der Waals surface area contributed by atoms with Crippen molar-refractivity contribution in [3.05, 3.63) is 44.5 Å². The van der Waals surface area contributed by atoms with Crippen LogP contribution in [0.1, 0.15) is 28.0 Å². The number of carbonyl (C=O) groups excluding carboxylic acids is 2. The molecule has 1 atom stereocenters. The molecule has 0 saturated carbocycles. The predicted molar refractivity (Wildman–Crippen MR) is 114 cm³/mol. The van der Waals surface area contributed by atoms with Crippen molar-refractivity contribution >= 4 is 45.8 Å². The molecule has 3 heterocycles. The van der Waals surface area contributed by atoms with Crippen LogP contribution in [0, 0.1) is 17.2 Å². The van der Waals surface area contributed by atoms with Crippen molar-refractivity contribution in [3.8, 4) is 6.07 Å². The smallest absolute Gasteiger partial charge is 0.409 e. The highest BCUT2D eigenvalue weighted by Crippen LogP contribution is 2.39. The second-order valence-corrected chi connectivity index (χ2v) is 9.27. The third-order valence-corrected chi connectivity index (χ3v) is 7.10. The molecular formula is C21H20FN3O3S2. The maximum absolute atomic E-state index is 12.9. The van der Waals surface area contributed by atoms with Crippen LogP contribution < -0.4 is 5.32 Å². The Morgan fingerprint density at radius 1 is 1.43 bits per heavy atom. The van der Waals surface area contributed by atoms with Gasteiger partial charge in [0.1, 0.15) is 17.2 Å². The molecule has 9 heteroatoms. The number of anilines is 1. The van der Waals surface area contributed by atoms with Gasteiger partial charge >= 0.3 is 6.09 Å². The van der Waals surface area contributed by atoms with Gasteiger partial charge < -0.3 is 15.0 Å². The van der Waals surface area contributed by atoms with Crippen molar-refractivity contribution in [3.63, 3.8) is 0 Å². The Morgan fingerprint density at radius 2 is 2.27 bits per heavy atom. The van der Waals surface area contributed by atoms with Crippen LogP contribution in [0.4, 0.5) is 14.2 Å². The van der Waals surface area contributed by atoms with Gasteiger partial charge in [-0.1, -0.05) is 0 Å². The van der Waals surface area contributed by atoms with Gasteiger partial charge in [-0.2, -0.15) is 16.6 Å². The van der Waals surface area contributed by atoms with E-state index in [1.807, 2.05) is 16.8 Å². The molecule has 6 nitrogen and oxygen atoms in total. The molecule has 0 spiro atoms. The first-order valence-electron chi connectivity index (χ1n) is 9.65. The molecule has 1 aliphatic heterocycles. The van der Waals surface area contributed by atoms with Crippen LogP contribution in [-0.2, 0) is 22.4 Å². The maximum atomic E-state index is 12.9. The summed E-state index contributed by atoms with van der Waals surface area (Å²) in [6, 6.07) is 4.14. The third kappa shape index (κ3) is 4.55. The summed E-state index contributed by atoms with van der Waals surface area (Å²) in [7, 11) is 0. The number of likely N-dealkylation sites (tertiary alicyclic amines) is 1. The molecule has 30 heavy (non-hydrogen) atoms. The monoisotopic (exact) mass is 445 g/mol. The lowest BCUT2D eigenvalue weighted by Gasteiger charge is -2.33. The summed E-state index contributed by atoms with van der Waals surface area (Å²) >= 11 is 2.97. The standard InChI is InChI=1S/C21H20FN3O3S2/c22-15-9-25(10-15)21(27)28-11-14-1-3-16-17(8-23)20(30-18(16)7-14)24-19(26)4-2-13-5-6-29-12-13/h2,4-6,12,14-15H,1,3,7,9-11H2,(H,24,26)/b4-2+. The molecular weight excluding hydrogens is 425 g/mol. The summed E-state index contributed by atoms with van der Waals surface area (Å²) in [6.45, 7) is 0.485. The summed E-state index contributed by atoms with van der Waals surface area (Å²) in [5, 5.41) is 16.9. The lowest BCUT2D eigenvalue weighted by Crippen LogP contribution is -2.51. The molecule has 156 valence electrons. The van der Waals surface area contributed by atoms with Gasteiger partial charge in [-0.25, -0.2) is 9.18 Å². The number of hydrogen-bond donors (Lipinski definition) is 1. The van der Waals surface area contributed by atoms with Gasteiger partial charge in [0.25, 0.3) is 0 Å². The molecule has 4 rings (SSSR count). The number of nitriles is 1. The van der Waals surface area contributed by atoms with Gasteiger partial charge in [0.15, 0.2) is 0 Å². The van der Waals surface area contributed by atoms with E-state index < -0.39 is 12.3 Å². The van der Waals surface area contributed by atoms with Crippen LogP contribution in [0.15, 0.2) is 22.9 Å². The van der Waals surface area contributed by atoms with Crippen molar-refractivity contribution in [1.29, 1.82) is 5.26 Å². The third-order valence-electron chi connectivity index (χ3n) is 5.22. The van der Waals surface area contributed by atoms with Crippen LogP contribution >= 0.6 is 22.7 Å². The van der Waals surface area contributed by atoms with E-state index in [4.69, 9.17) is 4.74 Å². The molecule has 1 aliphatic carbocycles. The lowest BCUT2D eigenvalue weighted by atomic mass is 9.88. The Labute approximate surface area is 181 Å². The maximum Gasteiger partial charge on any atom is 0.409 e. The minimum atomic E-state index is -0.945. The number of rotatable bonds is 5. The molecule has 2 aliphatic rings. The summed E-state index contributed by atoms with van der Waals surface area (Å²) < 4.78 is 18.2. The molecule has 1 saturated heterocycles. The van der Waals surface area contributed by atoms with Gasteiger partial charge in [-0.3, -0.25) is 4.79 Å². The highest BCUT2D eigenvalue weighted by Gasteiger charge is 2.32. The zero-order valence-electron chi connectivity index (χ0n) is 16.1. The van der Waals surface area contributed by atoms with Crippen molar-refractivity contribution in [2.24, 2.45) is 5.92 Å². The number of nitrogens with zero attached hydrogens (tertiary/aromatic N) is 2. The van der Waals surface area contributed by atoms with Crippen LogP contribution in [0.2, 0.25) is 0 Å². The second kappa shape index (κ2) is 8.98. The van der Waals surface area contributed by atoms with Gasteiger partial charge in [0.05, 0.1) is 25.3 Å². The van der Waals surface area contributed by atoms with Crippen molar-refractivity contribution < 1.29 is 18.7 Å². The largest absolute Gasteiger partial charge is 0.449 e. The Hall–Kier alpha value is -2.70. The lowest BCUT2D eigenvalue weighted by molar-refractivity contribution is -0.111. The van der Waals surface area contributed by atoms with Gasteiger partial charge in [-0.15, -0.1) is 11.3 Å². The van der Waals surface area contributed by atoms with E-state index in [0.717, 1.165) is 22.4 Å². The average molecular weight is 446 g/mol. The molecule has 2 amide bonds. The number of hydrogen-bond acceptors (Lipinski definition) is 6. The number of nitrogens with one attached hydrogen (secondary N) is 1. The zero-order valence-corrected chi connectivity index (χ0v) is 17.7. The van der Waals surface area contributed by atoms with E-state index in [-0.39, 0.29) is 31.5 Å². The molecule has 0 aromatic carbocycles. The summed E-state index contributed by atoms with van der Waals surface area (Å²) in [5.74, 6) is -0.126. The fourth-order valence-electron chi connectivity index (χ4n) is 3.55. The highest BCUT2D eigenvalue weighted by atomic mass is 32.1. The van der Waals surface area contributed by atoms with Gasteiger partial charge in [0.2, 0.25) is 5.91 Å². The summed E-state index contributed by atoms with van der Waals surface area (Å²) in [5.41, 5.74) is 2.46. The summed E-state index contributed by atoms with van der Waals surface area (Å²) in [4.78, 5) is 26.5. The SMILES string of the molecule is N#Cc1c(NC(=O)/C=C/c2ccsc2)sc2c1CCC(COC(=O)N1CC(F)C1)C2. The van der Waals surface area contributed by atoms with Crippen molar-refractivity contribution in [2.45, 2.75) is 25.4 Å². The quantitative estimate of drug-likeness (QED) is 0.699. The Morgan fingerprint density at radius 3 is 2.97 bits per heavy atom. The molecule has 2 aromatic heterocycles.